The molecule has 0 aliphatic carbocycles. The van der Waals surface area contributed by atoms with Crippen molar-refractivity contribution in [3.8, 4) is 0 Å². The van der Waals surface area contributed by atoms with Crippen molar-refractivity contribution in [2.75, 3.05) is 7.05 Å². The van der Waals surface area contributed by atoms with Gasteiger partial charge in [0.15, 0.2) is 0 Å². The Morgan fingerprint density at radius 2 is 1.73 bits per heavy atom. The van der Waals surface area contributed by atoms with E-state index in [-0.39, 0.29) is 11.1 Å². The molecule has 0 spiro atoms. The molecule has 1 N–H and O–H groups in total. The lowest BCUT2D eigenvalue weighted by Gasteiger charge is -2.21. The van der Waals surface area contributed by atoms with E-state index in [1.807, 2.05) is 0 Å². The fraction of sp³-hybridized carbons (Fsp3) is 0.385. The third-order valence-corrected chi connectivity index (χ3v) is 4.38. The van der Waals surface area contributed by atoms with Crippen molar-refractivity contribution in [2.24, 2.45) is 0 Å². The molecule has 122 valence electrons. The smallest absolute Gasteiger partial charge is 0.337 e. The van der Waals surface area contributed by atoms with Crippen LogP contribution in [0, 0.1) is 0 Å². The molecular weight excluding hydrogens is 320 g/mol. The predicted molar refractivity (Wildman–Crippen MR) is 74.3 cm³/mol. The van der Waals surface area contributed by atoms with Gasteiger partial charge in [0, 0.05) is 12.6 Å². The Balaban J connectivity index is 2.89. The van der Waals surface area contributed by atoms with E-state index in [2.05, 4.69) is 0 Å². The molecule has 6 nitrogen and oxygen atoms in total. The number of carbonyl (C=O) groups is 2. The number of benzene rings is 1. The standard InChI is InChI=1S/C13H15F2NO5S/c1-8(12(18)19)16(2)11(17)10-5-3-9(4-6-10)7-22(20,21)13(14)15/h3-6,8,13H,7H2,1-2H3,(H,18,19). The van der Waals surface area contributed by atoms with Gasteiger partial charge in [-0.05, 0) is 24.6 Å². The Bertz CT molecular complexity index is 658. The highest BCUT2D eigenvalue weighted by atomic mass is 32.2. The Morgan fingerprint density at radius 1 is 1.23 bits per heavy atom. The predicted octanol–water partition coefficient (Wildman–Crippen LogP) is 1.37. The maximum Gasteiger partial charge on any atom is 0.337 e. The van der Waals surface area contributed by atoms with Gasteiger partial charge in [0.25, 0.3) is 5.91 Å². The number of nitrogens with zero attached hydrogens (tertiary/aromatic N) is 1. The third kappa shape index (κ3) is 4.23. The van der Waals surface area contributed by atoms with Crippen molar-refractivity contribution >= 4 is 21.7 Å². The Kier molecular flexibility index (Phi) is 5.59. The summed E-state index contributed by atoms with van der Waals surface area (Å²) in [4.78, 5) is 23.8. The minimum absolute atomic E-state index is 0.116. The Hall–Kier alpha value is -2.03. The van der Waals surface area contributed by atoms with Gasteiger partial charge in [0.2, 0.25) is 9.84 Å². The number of carboxylic acid groups (broad SMARTS) is 1. The lowest BCUT2D eigenvalue weighted by molar-refractivity contribution is -0.141. The number of amides is 1. The molecule has 0 fully saturated rings. The van der Waals surface area contributed by atoms with E-state index in [4.69, 9.17) is 5.11 Å². The number of carboxylic acids is 1. The van der Waals surface area contributed by atoms with Crippen molar-refractivity contribution in [3.05, 3.63) is 35.4 Å². The van der Waals surface area contributed by atoms with Crippen molar-refractivity contribution in [1.29, 1.82) is 0 Å². The maximum absolute atomic E-state index is 12.3. The van der Waals surface area contributed by atoms with Crippen LogP contribution in [0.2, 0.25) is 0 Å². The number of likely N-dealkylation sites (N-methyl/N-ethyl adjacent to an activating group) is 1. The number of carbonyl (C=O) groups excluding carboxylic acids is 1. The van der Waals surface area contributed by atoms with Gasteiger partial charge in [-0.2, -0.15) is 8.78 Å². The van der Waals surface area contributed by atoms with E-state index in [9.17, 15) is 26.8 Å². The number of hydrogen-bond donors (Lipinski definition) is 1. The van der Waals surface area contributed by atoms with Gasteiger partial charge in [-0.25, -0.2) is 13.2 Å². The van der Waals surface area contributed by atoms with Crippen LogP contribution < -0.4 is 0 Å². The molecule has 0 radical (unpaired) electrons. The van der Waals surface area contributed by atoms with Crippen LogP contribution in [0.1, 0.15) is 22.8 Å². The summed E-state index contributed by atoms with van der Waals surface area (Å²) < 4.78 is 46.7. The molecule has 1 amide bonds. The molecule has 0 bridgehead atoms. The lowest BCUT2D eigenvalue weighted by Crippen LogP contribution is -2.40. The monoisotopic (exact) mass is 335 g/mol. The highest BCUT2D eigenvalue weighted by Gasteiger charge is 2.25. The van der Waals surface area contributed by atoms with E-state index < -0.39 is 39.3 Å². The van der Waals surface area contributed by atoms with Gasteiger partial charge < -0.3 is 10.0 Å². The summed E-state index contributed by atoms with van der Waals surface area (Å²) in [6.07, 6.45) is 0. The van der Waals surface area contributed by atoms with Crippen LogP contribution >= 0.6 is 0 Å². The van der Waals surface area contributed by atoms with Gasteiger partial charge in [-0.1, -0.05) is 12.1 Å². The number of hydrogen-bond acceptors (Lipinski definition) is 4. The van der Waals surface area contributed by atoms with Crippen LogP contribution in [0.25, 0.3) is 0 Å². The zero-order valence-electron chi connectivity index (χ0n) is 11.9. The zero-order chi connectivity index (χ0) is 17.1. The summed E-state index contributed by atoms with van der Waals surface area (Å²) in [5.41, 5.74) is 0.250. The van der Waals surface area contributed by atoms with Crippen LogP contribution in [-0.2, 0) is 20.4 Å². The zero-order valence-corrected chi connectivity index (χ0v) is 12.7. The first-order chi connectivity index (χ1) is 10.1. The van der Waals surface area contributed by atoms with Gasteiger partial charge in [-0.15, -0.1) is 0 Å². The highest BCUT2D eigenvalue weighted by molar-refractivity contribution is 7.90. The average molecular weight is 335 g/mol. The number of rotatable bonds is 6. The van der Waals surface area contributed by atoms with Crippen LogP contribution in [0.3, 0.4) is 0 Å². The molecule has 1 rings (SSSR count). The summed E-state index contributed by atoms with van der Waals surface area (Å²) in [7, 11) is -3.22. The summed E-state index contributed by atoms with van der Waals surface area (Å²) in [6.45, 7) is 1.34. The average Bonchev–Trinajstić information content (AvgIpc) is 2.45. The van der Waals surface area contributed by atoms with Gasteiger partial charge >= 0.3 is 11.7 Å². The van der Waals surface area contributed by atoms with Gasteiger partial charge in [-0.3, -0.25) is 4.79 Å². The van der Waals surface area contributed by atoms with Gasteiger partial charge in [0.05, 0.1) is 5.75 Å². The Morgan fingerprint density at radius 3 is 2.14 bits per heavy atom. The van der Waals surface area contributed by atoms with E-state index in [0.29, 0.717) is 0 Å². The Labute approximate surface area is 126 Å². The first-order valence-corrected chi connectivity index (χ1v) is 7.86. The molecule has 1 aromatic rings. The number of alkyl halides is 2. The van der Waals surface area contributed by atoms with Gasteiger partial charge in [0.1, 0.15) is 6.04 Å². The number of sulfone groups is 1. The summed E-state index contributed by atoms with van der Waals surface area (Å²) in [6, 6.07) is 3.98. The largest absolute Gasteiger partial charge is 0.480 e. The minimum atomic E-state index is -4.53. The minimum Gasteiger partial charge on any atom is -0.480 e. The molecule has 0 aliphatic heterocycles. The van der Waals surface area contributed by atoms with Crippen LogP contribution in [0.15, 0.2) is 24.3 Å². The molecular formula is C13H15F2NO5S. The maximum atomic E-state index is 12.3. The normalized spacial score (nSPS) is 13.0. The van der Waals surface area contributed by atoms with Crippen LogP contribution in [0.5, 0.6) is 0 Å². The summed E-state index contributed by atoms with van der Waals surface area (Å²) >= 11 is 0. The van der Waals surface area contributed by atoms with E-state index in [0.717, 1.165) is 4.90 Å². The van der Waals surface area contributed by atoms with E-state index in [1.165, 1.54) is 38.2 Å². The summed E-state index contributed by atoms with van der Waals surface area (Å²) in [5.74, 6) is -6.04. The van der Waals surface area contributed by atoms with Crippen molar-refractivity contribution in [3.63, 3.8) is 0 Å². The van der Waals surface area contributed by atoms with Crippen LogP contribution in [-0.4, -0.2) is 49.1 Å². The highest BCUT2D eigenvalue weighted by Crippen LogP contribution is 2.15. The van der Waals surface area contributed by atoms with E-state index >= 15 is 0 Å². The second kappa shape index (κ2) is 6.82. The summed E-state index contributed by atoms with van der Waals surface area (Å²) in [5, 5.41) is 8.84. The molecule has 0 heterocycles. The molecule has 0 aliphatic rings. The van der Waals surface area contributed by atoms with Crippen molar-refractivity contribution in [1.82, 2.24) is 4.90 Å². The second-order valence-corrected chi connectivity index (χ2v) is 6.67. The molecule has 0 aromatic heterocycles. The molecule has 0 saturated carbocycles. The number of halogens is 2. The fourth-order valence-corrected chi connectivity index (χ4v) is 2.37. The second-order valence-electron chi connectivity index (χ2n) is 4.70. The molecule has 1 aromatic carbocycles. The third-order valence-electron chi connectivity index (χ3n) is 3.10. The first-order valence-electron chi connectivity index (χ1n) is 6.15. The first kappa shape index (κ1) is 18.0. The fourth-order valence-electron chi connectivity index (χ4n) is 1.58. The molecule has 9 heteroatoms. The number of aliphatic carboxylic acids is 1. The quantitative estimate of drug-likeness (QED) is 0.848. The molecule has 22 heavy (non-hydrogen) atoms. The van der Waals surface area contributed by atoms with Crippen molar-refractivity contribution in [2.45, 2.75) is 24.5 Å². The molecule has 0 saturated heterocycles. The SMILES string of the molecule is CC(C(=O)O)N(C)C(=O)c1ccc(CS(=O)(=O)C(F)F)cc1. The topological polar surface area (TPSA) is 91.8 Å². The van der Waals surface area contributed by atoms with Crippen LogP contribution in [0.4, 0.5) is 8.78 Å². The van der Waals surface area contributed by atoms with Crippen molar-refractivity contribution < 1.29 is 31.9 Å². The van der Waals surface area contributed by atoms with E-state index in [1.54, 1.807) is 0 Å². The molecule has 1 atom stereocenters. The molecule has 1 unspecified atom stereocenters. The lowest BCUT2D eigenvalue weighted by atomic mass is 10.1.